The quantitative estimate of drug-likeness (QED) is 0.647. The molecule has 6 nitrogen and oxygen atoms in total. The Bertz CT molecular complexity index is 786. The molecular weight excluding hydrogens is 316 g/mol. The van der Waals surface area contributed by atoms with E-state index in [4.69, 9.17) is 0 Å². The fourth-order valence-electron chi connectivity index (χ4n) is 2.50. The van der Waals surface area contributed by atoms with Gasteiger partial charge in [0.1, 0.15) is 0 Å². The molecule has 0 spiro atoms. The topological polar surface area (TPSA) is 79.2 Å². The SMILES string of the molecule is O=C(NCc1ccc(-n2cccn2)cc1)N[C@H](CO)c1ccccc1. The van der Waals surface area contributed by atoms with E-state index in [0.29, 0.717) is 6.54 Å². The number of nitrogens with zero attached hydrogens (tertiary/aromatic N) is 2. The van der Waals surface area contributed by atoms with Gasteiger partial charge in [-0.15, -0.1) is 0 Å². The Balaban J connectivity index is 1.53. The van der Waals surface area contributed by atoms with Crippen molar-refractivity contribution in [3.63, 3.8) is 0 Å². The molecule has 0 aliphatic rings. The first-order chi connectivity index (χ1) is 12.3. The van der Waals surface area contributed by atoms with E-state index in [-0.39, 0.29) is 12.6 Å². The maximum atomic E-state index is 12.1. The molecule has 2 amide bonds. The molecule has 0 aliphatic heterocycles. The Hall–Kier alpha value is -3.12. The molecule has 3 rings (SSSR count). The van der Waals surface area contributed by atoms with Crippen molar-refractivity contribution in [1.82, 2.24) is 20.4 Å². The second-order valence-electron chi connectivity index (χ2n) is 5.59. The molecule has 0 aliphatic carbocycles. The molecule has 0 saturated heterocycles. The number of aromatic nitrogens is 2. The monoisotopic (exact) mass is 336 g/mol. The van der Waals surface area contributed by atoms with Crippen LogP contribution in [0.25, 0.3) is 5.69 Å². The molecule has 1 aromatic heterocycles. The Kier molecular flexibility index (Phi) is 5.43. The van der Waals surface area contributed by atoms with Gasteiger partial charge in [-0.3, -0.25) is 0 Å². The molecule has 0 fully saturated rings. The molecule has 0 saturated carbocycles. The maximum absolute atomic E-state index is 12.1. The molecule has 1 heterocycles. The van der Waals surface area contributed by atoms with E-state index < -0.39 is 6.04 Å². The van der Waals surface area contributed by atoms with Crippen LogP contribution in [0.15, 0.2) is 73.1 Å². The number of carbonyl (C=O) groups is 1. The van der Waals surface area contributed by atoms with Gasteiger partial charge in [-0.25, -0.2) is 9.48 Å². The van der Waals surface area contributed by atoms with Crippen LogP contribution < -0.4 is 10.6 Å². The van der Waals surface area contributed by atoms with E-state index in [2.05, 4.69) is 15.7 Å². The van der Waals surface area contributed by atoms with Gasteiger partial charge in [0.2, 0.25) is 0 Å². The summed E-state index contributed by atoms with van der Waals surface area (Å²) in [4.78, 5) is 12.1. The van der Waals surface area contributed by atoms with Gasteiger partial charge in [0.05, 0.1) is 18.3 Å². The predicted molar refractivity (Wildman–Crippen MR) is 95.2 cm³/mol. The normalized spacial score (nSPS) is 11.7. The van der Waals surface area contributed by atoms with E-state index in [1.807, 2.05) is 66.9 Å². The highest BCUT2D eigenvalue weighted by atomic mass is 16.3. The Morgan fingerprint density at radius 3 is 2.48 bits per heavy atom. The summed E-state index contributed by atoms with van der Waals surface area (Å²) in [5.74, 6) is 0. The van der Waals surface area contributed by atoms with E-state index in [1.165, 1.54) is 0 Å². The molecule has 3 aromatic rings. The number of aliphatic hydroxyl groups excluding tert-OH is 1. The van der Waals surface area contributed by atoms with E-state index in [1.54, 1.807) is 10.9 Å². The minimum Gasteiger partial charge on any atom is -0.394 e. The first-order valence-electron chi connectivity index (χ1n) is 8.05. The molecule has 6 heteroatoms. The fourth-order valence-corrected chi connectivity index (χ4v) is 2.50. The van der Waals surface area contributed by atoms with Crippen molar-refractivity contribution >= 4 is 6.03 Å². The van der Waals surface area contributed by atoms with Crippen molar-refractivity contribution in [3.8, 4) is 5.69 Å². The van der Waals surface area contributed by atoms with Gasteiger partial charge in [-0.2, -0.15) is 5.10 Å². The zero-order chi connectivity index (χ0) is 17.5. The number of rotatable bonds is 6. The molecule has 1 atom stereocenters. The van der Waals surface area contributed by atoms with Crippen molar-refractivity contribution in [2.75, 3.05) is 6.61 Å². The highest BCUT2D eigenvalue weighted by Gasteiger charge is 2.12. The second kappa shape index (κ2) is 8.12. The molecule has 0 radical (unpaired) electrons. The highest BCUT2D eigenvalue weighted by Crippen LogP contribution is 2.11. The largest absolute Gasteiger partial charge is 0.394 e. The molecule has 0 bridgehead atoms. The summed E-state index contributed by atoms with van der Waals surface area (Å²) >= 11 is 0. The van der Waals surface area contributed by atoms with Crippen molar-refractivity contribution in [3.05, 3.63) is 84.2 Å². The lowest BCUT2D eigenvalue weighted by Gasteiger charge is -2.17. The fraction of sp³-hybridized carbons (Fsp3) is 0.158. The third kappa shape index (κ3) is 4.45. The number of nitrogens with one attached hydrogen (secondary N) is 2. The lowest BCUT2D eigenvalue weighted by atomic mass is 10.1. The number of hydrogen-bond acceptors (Lipinski definition) is 3. The number of benzene rings is 2. The third-order valence-electron chi connectivity index (χ3n) is 3.85. The molecule has 3 N–H and O–H groups in total. The van der Waals surface area contributed by atoms with Gasteiger partial charge in [-0.05, 0) is 29.3 Å². The smallest absolute Gasteiger partial charge is 0.315 e. The van der Waals surface area contributed by atoms with Crippen LogP contribution in [0.2, 0.25) is 0 Å². The average molecular weight is 336 g/mol. The molecule has 2 aromatic carbocycles. The summed E-state index contributed by atoms with van der Waals surface area (Å²) in [7, 11) is 0. The van der Waals surface area contributed by atoms with Crippen LogP contribution in [0.4, 0.5) is 4.79 Å². The maximum Gasteiger partial charge on any atom is 0.315 e. The van der Waals surface area contributed by atoms with Crippen LogP contribution >= 0.6 is 0 Å². The van der Waals surface area contributed by atoms with Crippen LogP contribution in [0.5, 0.6) is 0 Å². The van der Waals surface area contributed by atoms with Crippen molar-refractivity contribution < 1.29 is 9.90 Å². The highest BCUT2D eigenvalue weighted by molar-refractivity contribution is 5.74. The van der Waals surface area contributed by atoms with Crippen LogP contribution in [0.3, 0.4) is 0 Å². The lowest BCUT2D eigenvalue weighted by Crippen LogP contribution is -2.38. The minimum absolute atomic E-state index is 0.157. The van der Waals surface area contributed by atoms with E-state index in [0.717, 1.165) is 16.8 Å². The zero-order valence-corrected chi connectivity index (χ0v) is 13.7. The first kappa shape index (κ1) is 16.7. The summed E-state index contributed by atoms with van der Waals surface area (Å²) in [6.45, 7) is 0.244. The minimum atomic E-state index is -0.427. The Morgan fingerprint density at radius 1 is 1.08 bits per heavy atom. The van der Waals surface area contributed by atoms with Gasteiger partial charge in [0, 0.05) is 18.9 Å². The zero-order valence-electron chi connectivity index (χ0n) is 13.7. The number of amides is 2. The average Bonchev–Trinajstić information content (AvgIpc) is 3.20. The number of carbonyl (C=O) groups excluding carboxylic acids is 1. The van der Waals surface area contributed by atoms with Crippen LogP contribution in [-0.2, 0) is 6.54 Å². The van der Waals surface area contributed by atoms with Gasteiger partial charge in [0.15, 0.2) is 0 Å². The lowest BCUT2D eigenvalue weighted by molar-refractivity contribution is 0.216. The third-order valence-corrected chi connectivity index (χ3v) is 3.85. The standard InChI is InChI=1S/C19H20N4O2/c24-14-18(16-5-2-1-3-6-16)22-19(25)20-13-15-7-9-17(10-8-15)23-12-4-11-21-23/h1-12,18,24H,13-14H2,(H2,20,22,25)/t18-/m1/s1. The molecule has 128 valence electrons. The first-order valence-corrected chi connectivity index (χ1v) is 8.05. The number of aliphatic hydroxyl groups is 1. The number of urea groups is 1. The van der Waals surface area contributed by atoms with Crippen molar-refractivity contribution in [2.24, 2.45) is 0 Å². The van der Waals surface area contributed by atoms with Crippen molar-refractivity contribution in [1.29, 1.82) is 0 Å². The van der Waals surface area contributed by atoms with Crippen LogP contribution in [-0.4, -0.2) is 27.5 Å². The second-order valence-corrected chi connectivity index (χ2v) is 5.59. The van der Waals surface area contributed by atoms with Gasteiger partial charge in [-0.1, -0.05) is 42.5 Å². The Labute approximate surface area is 146 Å². The van der Waals surface area contributed by atoms with Crippen LogP contribution in [0.1, 0.15) is 17.2 Å². The summed E-state index contributed by atoms with van der Waals surface area (Å²) in [6, 6.07) is 18.3. The molecule has 25 heavy (non-hydrogen) atoms. The molecular formula is C19H20N4O2. The van der Waals surface area contributed by atoms with E-state index in [9.17, 15) is 9.90 Å². The van der Waals surface area contributed by atoms with Gasteiger partial charge in [0.25, 0.3) is 0 Å². The van der Waals surface area contributed by atoms with Gasteiger partial charge < -0.3 is 15.7 Å². The summed E-state index contributed by atoms with van der Waals surface area (Å²) < 4.78 is 1.77. The summed E-state index contributed by atoms with van der Waals surface area (Å²) in [5, 5.41) is 19.2. The predicted octanol–water partition coefficient (Wildman–Crippen LogP) is 2.41. The Morgan fingerprint density at radius 2 is 1.84 bits per heavy atom. The van der Waals surface area contributed by atoms with E-state index >= 15 is 0 Å². The van der Waals surface area contributed by atoms with Crippen LogP contribution in [0, 0.1) is 0 Å². The van der Waals surface area contributed by atoms with Crippen molar-refractivity contribution in [2.45, 2.75) is 12.6 Å². The van der Waals surface area contributed by atoms with Gasteiger partial charge >= 0.3 is 6.03 Å². The molecule has 0 unspecified atom stereocenters. The number of hydrogen-bond donors (Lipinski definition) is 3. The summed E-state index contributed by atoms with van der Waals surface area (Å²) in [5.41, 5.74) is 2.80. The summed E-state index contributed by atoms with van der Waals surface area (Å²) in [6.07, 6.45) is 3.60.